The van der Waals surface area contributed by atoms with Crippen LogP contribution in [-0.4, -0.2) is 28.6 Å². The van der Waals surface area contributed by atoms with Crippen LogP contribution in [0.3, 0.4) is 0 Å². The fourth-order valence-electron chi connectivity index (χ4n) is 5.63. The first kappa shape index (κ1) is 27.9. The van der Waals surface area contributed by atoms with Gasteiger partial charge in [-0.2, -0.15) is 0 Å². The normalized spacial score (nSPS) is 18.4. The molecule has 212 valence electrons. The standard InChI is InChI=1S/C34H29BrN2O5/c1-22(9-6-7-18-38)34(41)27-20-24(35)16-17-28(27)36(33(34)40)21-23-10-8-11-25(19-23)37-29-13-3-5-15-31(29)42-30-14-4-2-12-26(30)32(37)39/h2-6,8-17,19-20,22,38,41H,7,18,21H2,1H3/b9-6+/t22-,34+/m0/s1. The Morgan fingerprint density at radius 3 is 2.50 bits per heavy atom. The molecule has 2 heterocycles. The number of aliphatic hydroxyl groups excluding tert-OH is 1. The van der Waals surface area contributed by atoms with Crippen molar-refractivity contribution in [3.63, 3.8) is 0 Å². The van der Waals surface area contributed by atoms with E-state index in [2.05, 4.69) is 15.9 Å². The number of aliphatic hydroxyl groups is 2. The molecule has 8 heteroatoms. The van der Waals surface area contributed by atoms with E-state index in [9.17, 15) is 19.8 Å². The molecule has 4 aromatic carbocycles. The van der Waals surface area contributed by atoms with E-state index in [1.54, 1.807) is 53.1 Å². The van der Waals surface area contributed by atoms with E-state index in [0.29, 0.717) is 46.1 Å². The van der Waals surface area contributed by atoms with Gasteiger partial charge in [-0.1, -0.05) is 71.4 Å². The number of halogens is 1. The summed E-state index contributed by atoms with van der Waals surface area (Å²) in [6.45, 7) is 1.97. The van der Waals surface area contributed by atoms with Crippen LogP contribution in [0.4, 0.5) is 17.1 Å². The lowest BCUT2D eigenvalue weighted by Crippen LogP contribution is -2.44. The minimum Gasteiger partial charge on any atom is -0.454 e. The number of amides is 2. The molecule has 0 fully saturated rings. The summed E-state index contributed by atoms with van der Waals surface area (Å²) in [5.74, 6) is -0.143. The monoisotopic (exact) mass is 624 g/mol. The Morgan fingerprint density at radius 2 is 1.69 bits per heavy atom. The molecule has 2 atom stereocenters. The van der Waals surface area contributed by atoms with Gasteiger partial charge in [0.05, 0.1) is 23.5 Å². The molecule has 0 unspecified atom stereocenters. The van der Waals surface area contributed by atoms with E-state index in [4.69, 9.17) is 4.74 Å². The summed E-state index contributed by atoms with van der Waals surface area (Å²) < 4.78 is 6.89. The zero-order valence-corrected chi connectivity index (χ0v) is 24.5. The smallest absolute Gasteiger partial charge is 0.266 e. The van der Waals surface area contributed by atoms with Crippen molar-refractivity contribution >= 4 is 44.8 Å². The summed E-state index contributed by atoms with van der Waals surface area (Å²) in [6.07, 6.45) is 3.98. The SMILES string of the molecule is C[C@@H](/C=C/CCO)[C@]1(O)C(=O)N(Cc2cccc(N3C(=O)c4ccccc4Oc4ccccc43)c2)c2ccc(Br)cc21. The average molecular weight is 626 g/mol. The molecule has 0 saturated carbocycles. The number of nitrogens with zero attached hydrogens (tertiary/aromatic N) is 2. The topological polar surface area (TPSA) is 90.3 Å². The predicted molar refractivity (Wildman–Crippen MR) is 165 cm³/mol. The maximum absolute atomic E-state index is 14.0. The van der Waals surface area contributed by atoms with Crippen LogP contribution in [0.5, 0.6) is 11.5 Å². The number of fused-ring (bicyclic) bond motifs is 3. The Labute approximate surface area is 252 Å². The molecule has 7 nitrogen and oxygen atoms in total. The van der Waals surface area contributed by atoms with Gasteiger partial charge in [0.1, 0.15) is 5.75 Å². The maximum Gasteiger partial charge on any atom is 0.266 e. The molecule has 0 saturated heterocycles. The number of benzene rings is 4. The third kappa shape index (κ3) is 4.71. The molecule has 4 aromatic rings. The van der Waals surface area contributed by atoms with Gasteiger partial charge in [0.25, 0.3) is 11.8 Å². The molecule has 0 spiro atoms. The van der Waals surface area contributed by atoms with Gasteiger partial charge in [0.2, 0.25) is 0 Å². The molecule has 42 heavy (non-hydrogen) atoms. The Balaban J connectivity index is 1.38. The number of para-hydroxylation sites is 3. The number of rotatable bonds is 7. The Bertz CT molecular complexity index is 1720. The van der Waals surface area contributed by atoms with Crippen molar-refractivity contribution in [2.24, 2.45) is 5.92 Å². The quantitative estimate of drug-likeness (QED) is 0.220. The van der Waals surface area contributed by atoms with E-state index in [1.807, 2.05) is 66.7 Å². The van der Waals surface area contributed by atoms with Crippen LogP contribution >= 0.6 is 15.9 Å². The lowest BCUT2D eigenvalue weighted by molar-refractivity contribution is -0.139. The fourth-order valence-corrected chi connectivity index (χ4v) is 5.99. The van der Waals surface area contributed by atoms with Gasteiger partial charge >= 0.3 is 0 Å². The lowest BCUT2D eigenvalue weighted by atomic mass is 9.83. The Kier molecular flexibility index (Phi) is 7.45. The molecule has 2 amide bonds. The summed E-state index contributed by atoms with van der Waals surface area (Å²) >= 11 is 3.49. The lowest BCUT2D eigenvalue weighted by Gasteiger charge is -2.28. The van der Waals surface area contributed by atoms with Gasteiger partial charge in [0, 0.05) is 28.2 Å². The zero-order valence-electron chi connectivity index (χ0n) is 22.9. The zero-order chi connectivity index (χ0) is 29.4. The van der Waals surface area contributed by atoms with Crippen LogP contribution in [0.15, 0.2) is 108 Å². The van der Waals surface area contributed by atoms with Crippen molar-refractivity contribution in [2.75, 3.05) is 16.4 Å². The van der Waals surface area contributed by atoms with Crippen molar-refractivity contribution in [1.82, 2.24) is 0 Å². The molecule has 0 aliphatic carbocycles. The first-order chi connectivity index (χ1) is 20.3. The summed E-state index contributed by atoms with van der Waals surface area (Å²) in [5.41, 5.74) is 1.84. The van der Waals surface area contributed by atoms with Gasteiger partial charge < -0.3 is 19.8 Å². The predicted octanol–water partition coefficient (Wildman–Crippen LogP) is 6.84. The second-order valence-corrected chi connectivity index (χ2v) is 11.3. The second kappa shape index (κ2) is 11.2. The highest BCUT2D eigenvalue weighted by atomic mass is 79.9. The summed E-state index contributed by atoms with van der Waals surface area (Å²) in [6, 6.07) is 27.5. The summed E-state index contributed by atoms with van der Waals surface area (Å²) in [5, 5.41) is 21.1. The van der Waals surface area contributed by atoms with Crippen LogP contribution in [0, 0.1) is 5.92 Å². The third-order valence-electron chi connectivity index (χ3n) is 7.77. The van der Waals surface area contributed by atoms with Crippen molar-refractivity contribution in [3.8, 4) is 11.5 Å². The molecule has 0 bridgehead atoms. The number of carbonyl (C=O) groups is 2. The van der Waals surface area contributed by atoms with Crippen molar-refractivity contribution in [1.29, 1.82) is 0 Å². The average Bonchev–Trinajstić information content (AvgIpc) is 3.12. The molecular formula is C34H29BrN2O5. The van der Waals surface area contributed by atoms with Crippen LogP contribution in [-0.2, 0) is 16.9 Å². The van der Waals surface area contributed by atoms with Crippen LogP contribution < -0.4 is 14.5 Å². The molecular weight excluding hydrogens is 596 g/mol. The number of hydrogen-bond donors (Lipinski definition) is 2. The van der Waals surface area contributed by atoms with E-state index >= 15 is 0 Å². The summed E-state index contributed by atoms with van der Waals surface area (Å²) in [7, 11) is 0. The first-order valence-electron chi connectivity index (χ1n) is 13.7. The van der Waals surface area contributed by atoms with Crippen molar-refractivity contribution < 1.29 is 24.5 Å². The number of anilines is 3. The first-order valence-corrected chi connectivity index (χ1v) is 14.5. The van der Waals surface area contributed by atoms with Crippen LogP contribution in [0.1, 0.15) is 34.8 Å². The van der Waals surface area contributed by atoms with Gasteiger partial charge in [-0.05, 0) is 66.6 Å². The minimum absolute atomic E-state index is 0.0120. The Hall–Kier alpha value is -4.24. The van der Waals surface area contributed by atoms with Gasteiger partial charge in [-0.15, -0.1) is 0 Å². The second-order valence-electron chi connectivity index (χ2n) is 10.4. The summed E-state index contributed by atoms with van der Waals surface area (Å²) in [4.78, 5) is 31.1. The van der Waals surface area contributed by atoms with E-state index in [1.165, 1.54) is 0 Å². The van der Waals surface area contributed by atoms with Gasteiger partial charge in [-0.25, -0.2) is 0 Å². The molecule has 0 aromatic heterocycles. The van der Waals surface area contributed by atoms with Gasteiger partial charge in [0.15, 0.2) is 11.4 Å². The highest BCUT2D eigenvalue weighted by molar-refractivity contribution is 9.10. The minimum atomic E-state index is -1.77. The van der Waals surface area contributed by atoms with Crippen LogP contribution in [0.25, 0.3) is 0 Å². The number of hydrogen-bond acceptors (Lipinski definition) is 5. The van der Waals surface area contributed by atoms with E-state index in [0.717, 1.165) is 10.0 Å². The number of carbonyl (C=O) groups excluding carboxylic acids is 2. The fraction of sp³-hybridized carbons (Fsp3) is 0.176. The molecule has 2 aliphatic rings. The van der Waals surface area contributed by atoms with E-state index in [-0.39, 0.29) is 19.1 Å². The Morgan fingerprint density at radius 1 is 0.929 bits per heavy atom. The largest absolute Gasteiger partial charge is 0.454 e. The molecule has 2 aliphatic heterocycles. The third-order valence-corrected chi connectivity index (χ3v) is 8.26. The number of ether oxygens (including phenoxy) is 1. The highest BCUT2D eigenvalue weighted by Crippen LogP contribution is 2.47. The molecule has 6 rings (SSSR count). The maximum atomic E-state index is 14.0. The highest BCUT2D eigenvalue weighted by Gasteiger charge is 2.52. The molecule has 2 N–H and O–H groups in total. The van der Waals surface area contributed by atoms with E-state index < -0.39 is 17.4 Å². The van der Waals surface area contributed by atoms with Crippen molar-refractivity contribution in [2.45, 2.75) is 25.5 Å². The van der Waals surface area contributed by atoms with Crippen molar-refractivity contribution in [3.05, 3.63) is 124 Å². The molecule has 0 radical (unpaired) electrons. The van der Waals surface area contributed by atoms with Gasteiger partial charge in [-0.3, -0.25) is 14.5 Å². The van der Waals surface area contributed by atoms with Crippen LogP contribution in [0.2, 0.25) is 0 Å².